The Morgan fingerprint density at radius 1 is 1.41 bits per heavy atom. The fourth-order valence-corrected chi connectivity index (χ4v) is 1.89. The van der Waals surface area contributed by atoms with Crippen molar-refractivity contribution in [3.05, 3.63) is 42.0 Å². The van der Waals surface area contributed by atoms with Gasteiger partial charge in [0.05, 0.1) is 17.7 Å². The lowest BCUT2D eigenvalue weighted by Crippen LogP contribution is -1.95. The van der Waals surface area contributed by atoms with E-state index in [4.69, 9.17) is 0 Å². The van der Waals surface area contributed by atoms with E-state index in [-0.39, 0.29) is 0 Å². The summed E-state index contributed by atoms with van der Waals surface area (Å²) in [4.78, 5) is 4.18. The topological polar surface area (TPSA) is 38.0 Å². The van der Waals surface area contributed by atoms with Crippen LogP contribution < -0.4 is 0 Å². The second kappa shape index (κ2) is 4.62. The first-order valence-corrected chi connectivity index (χ1v) is 5.95. The zero-order valence-electron chi connectivity index (χ0n) is 10.5. The van der Waals surface area contributed by atoms with E-state index in [1.807, 2.05) is 29.8 Å². The highest BCUT2D eigenvalue weighted by Crippen LogP contribution is 2.29. The van der Waals surface area contributed by atoms with Gasteiger partial charge in [-0.05, 0) is 30.9 Å². The number of aryl methyl sites for hydroxylation is 1. The van der Waals surface area contributed by atoms with Crippen LogP contribution in [0.25, 0.3) is 5.69 Å². The van der Waals surface area contributed by atoms with Crippen LogP contribution in [0.15, 0.2) is 30.7 Å². The number of hydrogen-bond acceptors (Lipinski definition) is 2. The van der Waals surface area contributed by atoms with Crippen molar-refractivity contribution in [2.75, 3.05) is 0 Å². The highest BCUT2D eigenvalue weighted by molar-refractivity contribution is 5.45. The quantitative estimate of drug-likeness (QED) is 0.877. The molecule has 0 saturated heterocycles. The van der Waals surface area contributed by atoms with Crippen LogP contribution in [0.1, 0.15) is 37.4 Å². The number of imidazole rings is 1. The van der Waals surface area contributed by atoms with Crippen LogP contribution >= 0.6 is 0 Å². The van der Waals surface area contributed by atoms with Crippen molar-refractivity contribution in [2.24, 2.45) is 0 Å². The third-order valence-corrected chi connectivity index (χ3v) is 3.17. The van der Waals surface area contributed by atoms with Crippen LogP contribution in [0.5, 0.6) is 5.75 Å². The van der Waals surface area contributed by atoms with Gasteiger partial charge in [-0.25, -0.2) is 4.98 Å². The number of rotatable bonds is 3. The molecule has 0 bridgehead atoms. The predicted molar refractivity (Wildman–Crippen MR) is 68.7 cm³/mol. The maximum absolute atomic E-state index is 10.0. The minimum atomic E-state index is 0.364. The van der Waals surface area contributed by atoms with E-state index in [9.17, 15) is 5.11 Å². The van der Waals surface area contributed by atoms with Gasteiger partial charge in [-0.3, -0.25) is 0 Å². The van der Waals surface area contributed by atoms with Gasteiger partial charge in [0.1, 0.15) is 5.75 Å². The SMILES string of the molecule is CCC(C)c1ccc(-n2cnc(C)c2)cc1O. The van der Waals surface area contributed by atoms with Crippen molar-refractivity contribution in [1.82, 2.24) is 9.55 Å². The molecule has 0 fully saturated rings. The van der Waals surface area contributed by atoms with Gasteiger partial charge in [0.2, 0.25) is 0 Å². The molecule has 0 aliphatic heterocycles. The fourth-order valence-electron chi connectivity index (χ4n) is 1.89. The van der Waals surface area contributed by atoms with Gasteiger partial charge in [-0.2, -0.15) is 0 Å². The molecule has 0 aliphatic rings. The summed E-state index contributed by atoms with van der Waals surface area (Å²) in [6.45, 7) is 6.19. The highest BCUT2D eigenvalue weighted by atomic mass is 16.3. The van der Waals surface area contributed by atoms with Crippen molar-refractivity contribution in [2.45, 2.75) is 33.1 Å². The zero-order valence-corrected chi connectivity index (χ0v) is 10.5. The summed E-state index contributed by atoms with van der Waals surface area (Å²) in [6.07, 6.45) is 4.72. The summed E-state index contributed by atoms with van der Waals surface area (Å²) < 4.78 is 1.91. The van der Waals surface area contributed by atoms with Gasteiger partial charge in [-0.1, -0.05) is 19.9 Å². The van der Waals surface area contributed by atoms with E-state index < -0.39 is 0 Å². The molecule has 1 aromatic heterocycles. The molecule has 17 heavy (non-hydrogen) atoms. The Labute approximate surface area is 102 Å². The molecule has 1 N–H and O–H groups in total. The summed E-state index contributed by atoms with van der Waals surface area (Å²) in [7, 11) is 0. The molecule has 1 unspecified atom stereocenters. The number of phenolic OH excluding ortho intramolecular Hbond substituents is 1. The molecule has 3 nitrogen and oxygen atoms in total. The molecule has 0 saturated carbocycles. The second-order valence-electron chi connectivity index (χ2n) is 4.47. The Hall–Kier alpha value is -1.77. The Morgan fingerprint density at radius 3 is 2.71 bits per heavy atom. The van der Waals surface area contributed by atoms with Gasteiger partial charge >= 0.3 is 0 Å². The molecular weight excluding hydrogens is 212 g/mol. The number of hydrogen-bond donors (Lipinski definition) is 1. The monoisotopic (exact) mass is 230 g/mol. The average molecular weight is 230 g/mol. The summed E-state index contributed by atoms with van der Waals surface area (Å²) >= 11 is 0. The van der Waals surface area contributed by atoms with Crippen LogP contribution in [0.2, 0.25) is 0 Å². The van der Waals surface area contributed by atoms with Crippen LogP contribution in [0.3, 0.4) is 0 Å². The van der Waals surface area contributed by atoms with Crippen molar-refractivity contribution >= 4 is 0 Å². The molecule has 2 aromatic rings. The molecule has 0 spiro atoms. The van der Waals surface area contributed by atoms with E-state index in [1.54, 1.807) is 12.4 Å². The summed E-state index contributed by atoms with van der Waals surface area (Å²) in [6, 6.07) is 5.80. The largest absolute Gasteiger partial charge is 0.508 e. The molecule has 3 heteroatoms. The fraction of sp³-hybridized carbons (Fsp3) is 0.357. The smallest absolute Gasteiger partial charge is 0.121 e. The summed E-state index contributed by atoms with van der Waals surface area (Å²) in [5.41, 5.74) is 2.92. The average Bonchev–Trinajstić information content (AvgIpc) is 2.75. The van der Waals surface area contributed by atoms with Gasteiger partial charge in [0.15, 0.2) is 0 Å². The molecule has 0 amide bonds. The van der Waals surface area contributed by atoms with Gasteiger partial charge in [0, 0.05) is 12.3 Å². The van der Waals surface area contributed by atoms with Crippen LogP contribution in [-0.4, -0.2) is 14.7 Å². The summed E-state index contributed by atoms with van der Waals surface area (Å²) in [5.74, 6) is 0.747. The number of aromatic nitrogens is 2. The minimum absolute atomic E-state index is 0.364. The predicted octanol–water partition coefficient (Wildman–Crippen LogP) is 3.40. The van der Waals surface area contributed by atoms with E-state index in [0.29, 0.717) is 11.7 Å². The molecule has 2 rings (SSSR count). The van der Waals surface area contributed by atoms with E-state index >= 15 is 0 Å². The molecule has 1 heterocycles. The van der Waals surface area contributed by atoms with Gasteiger partial charge in [0.25, 0.3) is 0 Å². The number of benzene rings is 1. The zero-order chi connectivity index (χ0) is 12.4. The van der Waals surface area contributed by atoms with E-state index in [0.717, 1.165) is 23.4 Å². The van der Waals surface area contributed by atoms with Crippen LogP contribution in [0, 0.1) is 6.92 Å². The molecule has 0 aliphatic carbocycles. The standard InChI is InChI=1S/C14H18N2O/c1-4-10(2)13-6-5-12(7-14(13)17)16-8-11(3)15-9-16/h5-10,17H,4H2,1-3H3. The number of nitrogens with zero attached hydrogens (tertiary/aromatic N) is 2. The van der Waals surface area contributed by atoms with Crippen molar-refractivity contribution < 1.29 is 5.11 Å². The first-order chi connectivity index (χ1) is 8.11. The Balaban J connectivity index is 2.37. The maximum Gasteiger partial charge on any atom is 0.121 e. The molecule has 1 aromatic carbocycles. The number of aromatic hydroxyl groups is 1. The van der Waals surface area contributed by atoms with E-state index in [1.165, 1.54) is 0 Å². The Morgan fingerprint density at radius 2 is 2.18 bits per heavy atom. The Kier molecular flexibility index (Phi) is 3.18. The minimum Gasteiger partial charge on any atom is -0.508 e. The lowest BCUT2D eigenvalue weighted by molar-refractivity contribution is 0.461. The molecule has 1 atom stereocenters. The third-order valence-electron chi connectivity index (χ3n) is 3.17. The van der Waals surface area contributed by atoms with Crippen molar-refractivity contribution in [3.8, 4) is 11.4 Å². The molecular formula is C14H18N2O. The Bertz CT molecular complexity index is 517. The molecule has 0 radical (unpaired) electrons. The highest BCUT2D eigenvalue weighted by Gasteiger charge is 2.09. The first kappa shape index (κ1) is 11.7. The second-order valence-corrected chi connectivity index (χ2v) is 4.47. The third kappa shape index (κ3) is 2.33. The van der Waals surface area contributed by atoms with Crippen LogP contribution in [-0.2, 0) is 0 Å². The summed E-state index contributed by atoms with van der Waals surface area (Å²) in [5, 5.41) is 10.0. The van der Waals surface area contributed by atoms with Gasteiger partial charge < -0.3 is 9.67 Å². The maximum atomic E-state index is 10.0. The van der Waals surface area contributed by atoms with E-state index in [2.05, 4.69) is 18.8 Å². The van der Waals surface area contributed by atoms with Gasteiger partial charge in [-0.15, -0.1) is 0 Å². The van der Waals surface area contributed by atoms with Crippen molar-refractivity contribution in [1.29, 1.82) is 0 Å². The lowest BCUT2D eigenvalue weighted by Gasteiger charge is -2.12. The lowest BCUT2D eigenvalue weighted by atomic mass is 9.97. The van der Waals surface area contributed by atoms with Crippen molar-refractivity contribution in [3.63, 3.8) is 0 Å². The number of phenols is 1. The first-order valence-electron chi connectivity index (χ1n) is 5.95. The normalized spacial score (nSPS) is 12.6. The van der Waals surface area contributed by atoms with Crippen LogP contribution in [0.4, 0.5) is 0 Å². The molecule has 90 valence electrons.